The fourth-order valence-corrected chi connectivity index (χ4v) is 0.900. The summed E-state index contributed by atoms with van der Waals surface area (Å²) < 4.78 is 0. The largest absolute Gasteiger partial charge is 0.298 e. The molecule has 0 aliphatic rings. The highest BCUT2D eigenvalue weighted by molar-refractivity contribution is 5.85. The zero-order chi connectivity index (χ0) is 10.4. The summed E-state index contributed by atoms with van der Waals surface area (Å²) >= 11 is 0. The molecule has 5 heteroatoms. The van der Waals surface area contributed by atoms with E-state index < -0.39 is 0 Å². The highest BCUT2D eigenvalue weighted by Gasteiger charge is 2.01. The Labute approximate surface area is 78.8 Å². The Kier molecular flexibility index (Phi) is 3.21. The summed E-state index contributed by atoms with van der Waals surface area (Å²) in [6.45, 7) is 0. The Bertz CT molecular complexity index is 455. The van der Waals surface area contributed by atoms with Crippen LogP contribution < -0.4 is 0 Å². The fourth-order valence-electron chi connectivity index (χ4n) is 0.900. The van der Waals surface area contributed by atoms with E-state index >= 15 is 0 Å². The Morgan fingerprint density at radius 1 is 1.14 bits per heavy atom. The van der Waals surface area contributed by atoms with Gasteiger partial charge in [-0.3, -0.25) is 4.79 Å². The Hall–Kier alpha value is -2.35. The number of hydrogen-bond donors (Lipinski definition) is 0. The van der Waals surface area contributed by atoms with E-state index in [1.165, 1.54) is 30.4 Å². The quantitative estimate of drug-likeness (QED) is 0.409. The van der Waals surface area contributed by atoms with Crippen molar-refractivity contribution in [1.82, 2.24) is 0 Å². The van der Waals surface area contributed by atoms with E-state index in [4.69, 9.17) is 0 Å². The second kappa shape index (κ2) is 4.62. The minimum Gasteiger partial charge on any atom is -0.298 e. The molecule has 0 fully saturated rings. The van der Waals surface area contributed by atoms with Crippen LogP contribution in [0.2, 0.25) is 0 Å². The number of aldehydes is 1. The molecule has 0 saturated carbocycles. The Balaban J connectivity index is 3.33. The summed E-state index contributed by atoms with van der Waals surface area (Å²) in [5, 5.41) is 0. The van der Waals surface area contributed by atoms with Crippen molar-refractivity contribution in [1.29, 1.82) is 0 Å². The fraction of sp³-hybridized carbons (Fsp3) is 0. The first-order valence-corrected chi connectivity index (χ1v) is 3.57. The normalized spacial score (nSPS) is 8.29. The summed E-state index contributed by atoms with van der Waals surface area (Å²) in [7, 11) is 0. The van der Waals surface area contributed by atoms with Gasteiger partial charge in [0, 0.05) is 5.56 Å². The monoisotopic (exact) mass is 188 g/mol. The van der Waals surface area contributed by atoms with Crippen LogP contribution in [0, 0.1) is 0 Å². The molecule has 14 heavy (non-hydrogen) atoms. The van der Waals surface area contributed by atoms with E-state index in [0.29, 0.717) is 6.29 Å². The summed E-state index contributed by atoms with van der Waals surface area (Å²) in [6.07, 6.45) is 3.19. The molecule has 0 atom stereocenters. The van der Waals surface area contributed by atoms with Gasteiger partial charge in [0.05, 0.1) is 11.4 Å². The summed E-state index contributed by atoms with van der Waals surface area (Å²) in [4.78, 5) is 37.0. The lowest BCUT2D eigenvalue weighted by Crippen LogP contribution is -1.79. The lowest BCUT2D eigenvalue weighted by Gasteiger charge is -1.96. The number of carbonyl (C=O) groups is 1. The lowest BCUT2D eigenvalue weighted by molar-refractivity contribution is 0.112. The van der Waals surface area contributed by atoms with Gasteiger partial charge in [-0.25, -0.2) is 9.59 Å². The van der Waals surface area contributed by atoms with Crippen LogP contribution >= 0.6 is 0 Å². The molecular formula is C9H4N2O3. The van der Waals surface area contributed by atoms with Crippen molar-refractivity contribution < 1.29 is 14.4 Å². The average molecular weight is 188 g/mol. The number of rotatable bonds is 3. The molecule has 1 rings (SSSR count). The van der Waals surface area contributed by atoms with Crippen LogP contribution in [0.5, 0.6) is 0 Å². The van der Waals surface area contributed by atoms with Crippen LogP contribution in [0.3, 0.4) is 0 Å². The zero-order valence-corrected chi connectivity index (χ0v) is 6.93. The molecule has 0 aliphatic heterocycles. The zero-order valence-electron chi connectivity index (χ0n) is 6.93. The second-order valence-electron chi connectivity index (χ2n) is 2.27. The molecule has 0 heterocycles. The molecule has 0 bridgehead atoms. The lowest BCUT2D eigenvalue weighted by atomic mass is 10.2. The summed E-state index contributed by atoms with van der Waals surface area (Å²) in [5.74, 6) is 0. The molecule has 0 radical (unpaired) electrons. The van der Waals surface area contributed by atoms with Gasteiger partial charge in [0.15, 0.2) is 6.29 Å². The first-order valence-electron chi connectivity index (χ1n) is 3.57. The Morgan fingerprint density at radius 2 is 1.86 bits per heavy atom. The van der Waals surface area contributed by atoms with Gasteiger partial charge in [0.2, 0.25) is 12.2 Å². The number of isocyanates is 2. The van der Waals surface area contributed by atoms with E-state index in [1.54, 1.807) is 0 Å². The maximum absolute atomic E-state index is 10.5. The molecule has 0 unspecified atom stereocenters. The van der Waals surface area contributed by atoms with E-state index in [9.17, 15) is 14.4 Å². The molecule has 0 saturated heterocycles. The van der Waals surface area contributed by atoms with Crippen LogP contribution in [0.25, 0.3) is 0 Å². The van der Waals surface area contributed by atoms with Crippen LogP contribution in [0.15, 0.2) is 28.2 Å². The van der Waals surface area contributed by atoms with Gasteiger partial charge in [-0.15, -0.1) is 0 Å². The minimum atomic E-state index is 0.131. The topological polar surface area (TPSA) is 75.9 Å². The first kappa shape index (κ1) is 9.74. The van der Waals surface area contributed by atoms with E-state index in [1.807, 2.05) is 0 Å². The molecule has 0 aliphatic carbocycles. The molecule has 1 aromatic rings. The number of benzene rings is 1. The first-order chi connectivity index (χ1) is 6.81. The van der Waals surface area contributed by atoms with Gasteiger partial charge in [-0.05, 0) is 18.2 Å². The van der Waals surface area contributed by atoms with Crippen molar-refractivity contribution in [2.75, 3.05) is 0 Å². The third kappa shape index (κ3) is 2.08. The summed E-state index contributed by atoms with van der Waals surface area (Å²) in [6, 6.07) is 4.16. The van der Waals surface area contributed by atoms with E-state index in [-0.39, 0.29) is 16.9 Å². The summed E-state index contributed by atoms with van der Waals surface area (Å²) in [5.41, 5.74) is 0.643. The van der Waals surface area contributed by atoms with Crippen LogP contribution in [-0.4, -0.2) is 18.4 Å². The van der Waals surface area contributed by atoms with Gasteiger partial charge >= 0.3 is 0 Å². The molecule has 0 amide bonds. The van der Waals surface area contributed by atoms with Crippen molar-refractivity contribution in [2.45, 2.75) is 0 Å². The number of aliphatic imine (C=N–C) groups is 2. The molecule has 5 nitrogen and oxygen atoms in total. The van der Waals surface area contributed by atoms with Crippen LogP contribution in [0.1, 0.15) is 10.4 Å². The molecule has 0 spiro atoms. The third-order valence-electron chi connectivity index (χ3n) is 1.48. The van der Waals surface area contributed by atoms with Gasteiger partial charge in [0.1, 0.15) is 0 Å². The standard InChI is InChI=1S/C9H4N2O3/c12-4-7-1-2-8(10-5-13)3-9(7)11-6-14/h1-4H. The van der Waals surface area contributed by atoms with Crippen molar-refractivity contribution in [2.24, 2.45) is 9.98 Å². The SMILES string of the molecule is O=C=Nc1ccc(C=O)c(N=C=O)c1. The second-order valence-corrected chi connectivity index (χ2v) is 2.27. The molecule has 1 aromatic carbocycles. The highest BCUT2D eigenvalue weighted by atomic mass is 16.1. The highest BCUT2D eigenvalue weighted by Crippen LogP contribution is 2.23. The molecule has 68 valence electrons. The van der Waals surface area contributed by atoms with E-state index in [0.717, 1.165) is 0 Å². The third-order valence-corrected chi connectivity index (χ3v) is 1.48. The average Bonchev–Trinajstić information content (AvgIpc) is 2.19. The maximum atomic E-state index is 10.5. The number of hydrogen-bond acceptors (Lipinski definition) is 5. The van der Waals surface area contributed by atoms with Crippen LogP contribution in [0.4, 0.5) is 11.4 Å². The minimum absolute atomic E-state index is 0.131. The maximum Gasteiger partial charge on any atom is 0.240 e. The molecule has 0 N–H and O–H groups in total. The van der Waals surface area contributed by atoms with E-state index in [2.05, 4.69) is 9.98 Å². The van der Waals surface area contributed by atoms with Crippen molar-refractivity contribution in [3.05, 3.63) is 23.8 Å². The van der Waals surface area contributed by atoms with Crippen molar-refractivity contribution in [3.8, 4) is 0 Å². The molecular weight excluding hydrogens is 184 g/mol. The van der Waals surface area contributed by atoms with Gasteiger partial charge in [-0.2, -0.15) is 9.98 Å². The van der Waals surface area contributed by atoms with Crippen molar-refractivity contribution in [3.63, 3.8) is 0 Å². The Morgan fingerprint density at radius 3 is 2.43 bits per heavy atom. The van der Waals surface area contributed by atoms with Crippen LogP contribution in [-0.2, 0) is 9.59 Å². The predicted octanol–water partition coefficient (Wildman–Crippen LogP) is 1.43. The number of carbonyl (C=O) groups excluding carboxylic acids is 3. The smallest absolute Gasteiger partial charge is 0.240 e. The number of nitrogens with zero attached hydrogens (tertiary/aromatic N) is 2. The van der Waals surface area contributed by atoms with Gasteiger partial charge in [0.25, 0.3) is 0 Å². The predicted molar refractivity (Wildman–Crippen MR) is 47.4 cm³/mol. The molecule has 0 aromatic heterocycles. The van der Waals surface area contributed by atoms with Gasteiger partial charge in [-0.1, -0.05) is 0 Å². The van der Waals surface area contributed by atoms with Crippen molar-refractivity contribution >= 4 is 29.8 Å². The van der Waals surface area contributed by atoms with Gasteiger partial charge < -0.3 is 0 Å².